The normalized spacial score (nSPS) is 12.8. The fraction of sp³-hybridized carbons (Fsp3) is 0.455. The fourth-order valence-electron chi connectivity index (χ4n) is 1.57. The Kier molecular flexibility index (Phi) is 6.37. The Morgan fingerprint density at radius 3 is 2.88 bits per heavy atom. The van der Waals surface area contributed by atoms with Gasteiger partial charge in [-0.25, -0.2) is 4.39 Å². The summed E-state index contributed by atoms with van der Waals surface area (Å²) in [5.74, 6) is 4.99. The zero-order valence-electron chi connectivity index (χ0n) is 9.47. The number of nitrogens with two attached hydrogens (primary N) is 1. The molecule has 1 unspecified atom stereocenters. The predicted octanol–water partition coefficient (Wildman–Crippen LogP) is 3.17. The summed E-state index contributed by atoms with van der Waals surface area (Å²) in [4.78, 5) is 0. The van der Waals surface area contributed by atoms with E-state index in [1.807, 2.05) is 0 Å². The van der Waals surface area contributed by atoms with E-state index >= 15 is 0 Å². The van der Waals surface area contributed by atoms with Crippen molar-refractivity contribution in [2.24, 2.45) is 5.84 Å². The Morgan fingerprint density at radius 2 is 2.29 bits per heavy atom. The van der Waals surface area contributed by atoms with E-state index in [2.05, 4.69) is 21.4 Å². The van der Waals surface area contributed by atoms with Gasteiger partial charge in [0.2, 0.25) is 0 Å². The summed E-state index contributed by atoms with van der Waals surface area (Å²) in [6, 6.07) is 3.11. The Bertz CT molecular complexity index is 379. The molecule has 0 aromatic heterocycles. The van der Waals surface area contributed by atoms with Gasteiger partial charge in [0.05, 0.1) is 5.02 Å². The SMILES string of the molecule is COCCCC(NN)c1ccc(Br)c(Cl)c1F. The molecule has 0 aliphatic carbocycles. The zero-order valence-corrected chi connectivity index (χ0v) is 11.8. The number of halogens is 3. The molecule has 0 heterocycles. The Morgan fingerprint density at radius 1 is 1.59 bits per heavy atom. The molecule has 96 valence electrons. The number of hydrogen-bond acceptors (Lipinski definition) is 3. The maximum Gasteiger partial charge on any atom is 0.147 e. The highest BCUT2D eigenvalue weighted by atomic mass is 79.9. The minimum absolute atomic E-state index is 0.0782. The predicted molar refractivity (Wildman–Crippen MR) is 70.3 cm³/mol. The van der Waals surface area contributed by atoms with Gasteiger partial charge < -0.3 is 4.74 Å². The third-order valence-electron chi connectivity index (χ3n) is 2.48. The summed E-state index contributed by atoms with van der Waals surface area (Å²) in [6.07, 6.45) is 1.47. The van der Waals surface area contributed by atoms with Crippen LogP contribution in [0.1, 0.15) is 24.4 Å². The third-order valence-corrected chi connectivity index (χ3v) is 3.74. The second-order valence-corrected chi connectivity index (χ2v) is 4.85. The number of rotatable bonds is 6. The third kappa shape index (κ3) is 3.89. The first-order chi connectivity index (χ1) is 8.11. The molecule has 0 bridgehead atoms. The molecule has 0 saturated carbocycles. The maximum absolute atomic E-state index is 13.9. The van der Waals surface area contributed by atoms with Crippen molar-refractivity contribution in [2.75, 3.05) is 13.7 Å². The molecule has 1 aromatic rings. The largest absolute Gasteiger partial charge is 0.385 e. The first-order valence-corrected chi connectivity index (χ1v) is 6.37. The van der Waals surface area contributed by atoms with Crippen molar-refractivity contribution in [3.8, 4) is 0 Å². The Labute approximate surface area is 114 Å². The van der Waals surface area contributed by atoms with Gasteiger partial charge in [-0.3, -0.25) is 11.3 Å². The van der Waals surface area contributed by atoms with Crippen LogP contribution in [0.5, 0.6) is 0 Å². The number of ether oxygens (including phenoxy) is 1. The lowest BCUT2D eigenvalue weighted by molar-refractivity contribution is 0.188. The molecule has 0 radical (unpaired) electrons. The second-order valence-electron chi connectivity index (χ2n) is 3.62. The summed E-state index contributed by atoms with van der Waals surface area (Å²) < 4.78 is 19.4. The number of nitrogens with one attached hydrogen (secondary N) is 1. The van der Waals surface area contributed by atoms with E-state index in [-0.39, 0.29) is 11.1 Å². The summed E-state index contributed by atoms with van der Waals surface area (Å²) in [5, 5.41) is 0.0782. The number of benzene rings is 1. The molecular weight excluding hydrogens is 310 g/mol. The van der Waals surface area contributed by atoms with Gasteiger partial charge in [0.1, 0.15) is 5.82 Å². The minimum Gasteiger partial charge on any atom is -0.385 e. The van der Waals surface area contributed by atoms with Crippen LogP contribution in [0, 0.1) is 5.82 Å². The highest BCUT2D eigenvalue weighted by Gasteiger charge is 2.17. The molecule has 1 rings (SSSR count). The van der Waals surface area contributed by atoms with Crippen LogP contribution in [0.3, 0.4) is 0 Å². The van der Waals surface area contributed by atoms with Gasteiger partial charge in [0.15, 0.2) is 0 Å². The van der Waals surface area contributed by atoms with Crippen LogP contribution < -0.4 is 11.3 Å². The summed E-state index contributed by atoms with van der Waals surface area (Å²) in [7, 11) is 1.63. The molecule has 1 aromatic carbocycles. The monoisotopic (exact) mass is 324 g/mol. The van der Waals surface area contributed by atoms with Crippen molar-refractivity contribution in [1.82, 2.24) is 5.43 Å². The van der Waals surface area contributed by atoms with E-state index in [0.29, 0.717) is 23.1 Å². The van der Waals surface area contributed by atoms with Crippen molar-refractivity contribution < 1.29 is 9.13 Å². The van der Waals surface area contributed by atoms with Crippen LogP contribution in [-0.4, -0.2) is 13.7 Å². The second kappa shape index (κ2) is 7.28. The van der Waals surface area contributed by atoms with Crippen molar-refractivity contribution in [1.29, 1.82) is 0 Å². The average molecular weight is 326 g/mol. The van der Waals surface area contributed by atoms with Crippen molar-refractivity contribution >= 4 is 27.5 Å². The van der Waals surface area contributed by atoms with E-state index in [4.69, 9.17) is 22.2 Å². The molecule has 3 nitrogen and oxygen atoms in total. The van der Waals surface area contributed by atoms with Crippen molar-refractivity contribution in [2.45, 2.75) is 18.9 Å². The highest BCUT2D eigenvalue weighted by Crippen LogP contribution is 2.31. The van der Waals surface area contributed by atoms with Crippen molar-refractivity contribution in [3.63, 3.8) is 0 Å². The molecule has 6 heteroatoms. The number of methoxy groups -OCH3 is 1. The van der Waals surface area contributed by atoms with Crippen LogP contribution in [0.15, 0.2) is 16.6 Å². The lowest BCUT2D eigenvalue weighted by atomic mass is 10.0. The van der Waals surface area contributed by atoms with Gasteiger partial charge in [-0.15, -0.1) is 0 Å². The summed E-state index contributed by atoms with van der Waals surface area (Å²) in [5.41, 5.74) is 3.06. The van der Waals surface area contributed by atoms with Crippen LogP contribution in [0.4, 0.5) is 4.39 Å². The Hall–Kier alpha value is -0.200. The van der Waals surface area contributed by atoms with Gasteiger partial charge in [0.25, 0.3) is 0 Å². The number of hydrazine groups is 1. The smallest absolute Gasteiger partial charge is 0.147 e. The average Bonchev–Trinajstić information content (AvgIpc) is 2.33. The zero-order chi connectivity index (χ0) is 12.8. The molecule has 0 spiro atoms. The molecule has 0 saturated heterocycles. The highest BCUT2D eigenvalue weighted by molar-refractivity contribution is 9.10. The van der Waals surface area contributed by atoms with Crippen molar-refractivity contribution in [3.05, 3.63) is 33.0 Å². The van der Waals surface area contributed by atoms with Gasteiger partial charge >= 0.3 is 0 Å². The molecule has 0 fully saturated rings. The fourth-order valence-corrected chi connectivity index (χ4v) is 2.05. The quantitative estimate of drug-likeness (QED) is 0.365. The topological polar surface area (TPSA) is 47.3 Å². The molecule has 17 heavy (non-hydrogen) atoms. The van der Waals surface area contributed by atoms with Gasteiger partial charge in [-0.05, 0) is 34.8 Å². The molecule has 0 aliphatic heterocycles. The Balaban J connectivity index is 2.85. The standard InChI is InChI=1S/C11H15BrClFN2O/c1-17-6-2-3-9(16-15)7-4-5-8(12)10(13)11(7)14/h4-5,9,16H,2-3,6,15H2,1H3. The molecule has 1 atom stereocenters. The van der Waals surface area contributed by atoms with E-state index in [0.717, 1.165) is 6.42 Å². The maximum atomic E-state index is 13.9. The number of hydrogen-bond donors (Lipinski definition) is 2. The lowest BCUT2D eigenvalue weighted by Crippen LogP contribution is -2.29. The lowest BCUT2D eigenvalue weighted by Gasteiger charge is -2.17. The minimum atomic E-state index is -0.443. The van der Waals surface area contributed by atoms with Crippen LogP contribution >= 0.6 is 27.5 Å². The van der Waals surface area contributed by atoms with E-state index in [1.165, 1.54) is 0 Å². The van der Waals surface area contributed by atoms with Crippen LogP contribution in [0.2, 0.25) is 5.02 Å². The van der Waals surface area contributed by atoms with Gasteiger partial charge in [-0.1, -0.05) is 17.7 Å². The van der Waals surface area contributed by atoms with Crippen LogP contribution in [0.25, 0.3) is 0 Å². The van der Waals surface area contributed by atoms with E-state index < -0.39 is 5.82 Å². The molecular formula is C11H15BrClFN2O. The van der Waals surface area contributed by atoms with E-state index in [9.17, 15) is 4.39 Å². The molecule has 0 aliphatic rings. The van der Waals surface area contributed by atoms with Crippen LogP contribution in [-0.2, 0) is 4.74 Å². The van der Waals surface area contributed by atoms with Gasteiger partial charge in [0, 0.05) is 29.8 Å². The molecule has 0 amide bonds. The first kappa shape index (κ1) is 14.9. The molecule has 3 N–H and O–H groups in total. The van der Waals surface area contributed by atoms with Gasteiger partial charge in [-0.2, -0.15) is 0 Å². The summed E-state index contributed by atoms with van der Waals surface area (Å²) >= 11 is 9.00. The summed E-state index contributed by atoms with van der Waals surface area (Å²) in [6.45, 7) is 0.615. The van der Waals surface area contributed by atoms with E-state index in [1.54, 1.807) is 19.2 Å². The first-order valence-electron chi connectivity index (χ1n) is 5.20.